The minimum absolute atomic E-state index is 0.0925. The van der Waals surface area contributed by atoms with E-state index >= 15 is 0 Å². The summed E-state index contributed by atoms with van der Waals surface area (Å²) in [5, 5.41) is 3.11. The predicted octanol–water partition coefficient (Wildman–Crippen LogP) is 4.37. The second-order valence-corrected chi connectivity index (χ2v) is 7.89. The van der Waals surface area contributed by atoms with Crippen LogP contribution in [0.4, 0.5) is 0 Å². The molecule has 1 heterocycles. The van der Waals surface area contributed by atoms with Gasteiger partial charge in [-0.05, 0) is 74.7 Å². The van der Waals surface area contributed by atoms with Gasteiger partial charge in [0.2, 0.25) is 0 Å². The molecule has 0 spiro atoms. The number of ether oxygens (including phenoxy) is 2. The third kappa shape index (κ3) is 5.99. The van der Waals surface area contributed by atoms with Crippen molar-refractivity contribution >= 4 is 5.91 Å². The molecule has 0 aromatic heterocycles. The standard InChI is InChI=1S/C25H34N2O3/c1-4-20-8-12-23(13-9-20)30-19(2)25(28)26-18-24(27-16-6-5-7-17-27)21-10-14-22(29-3)15-11-21/h8-15,19,24H,4-7,16-18H2,1-3H3,(H,26,28)/t19-,24-/m0/s1. The molecule has 0 aliphatic carbocycles. The minimum Gasteiger partial charge on any atom is -0.497 e. The Hall–Kier alpha value is -2.53. The molecule has 0 bridgehead atoms. The van der Waals surface area contributed by atoms with Crippen molar-refractivity contribution in [2.75, 3.05) is 26.7 Å². The number of piperidine rings is 1. The van der Waals surface area contributed by atoms with Crippen LogP contribution in [0.25, 0.3) is 0 Å². The average molecular weight is 411 g/mol. The number of aryl methyl sites for hydroxylation is 1. The second-order valence-electron chi connectivity index (χ2n) is 7.89. The summed E-state index contributed by atoms with van der Waals surface area (Å²) in [6.45, 7) is 6.60. The SMILES string of the molecule is CCc1ccc(O[C@@H](C)C(=O)NC[C@@H](c2ccc(OC)cc2)N2CCCCC2)cc1. The van der Waals surface area contributed by atoms with Crippen molar-refractivity contribution in [1.82, 2.24) is 10.2 Å². The number of hydrogen-bond acceptors (Lipinski definition) is 4. The molecule has 1 N–H and O–H groups in total. The number of hydrogen-bond donors (Lipinski definition) is 1. The van der Waals surface area contributed by atoms with Crippen LogP contribution in [-0.4, -0.2) is 43.7 Å². The normalized spacial score (nSPS) is 16.5. The highest BCUT2D eigenvalue weighted by molar-refractivity contribution is 5.80. The smallest absolute Gasteiger partial charge is 0.260 e. The molecule has 1 aliphatic rings. The molecule has 2 aromatic rings. The van der Waals surface area contributed by atoms with E-state index in [9.17, 15) is 4.79 Å². The van der Waals surface area contributed by atoms with Gasteiger partial charge < -0.3 is 14.8 Å². The zero-order valence-corrected chi connectivity index (χ0v) is 18.4. The zero-order chi connectivity index (χ0) is 21.3. The molecule has 5 heteroatoms. The van der Waals surface area contributed by atoms with E-state index < -0.39 is 6.10 Å². The summed E-state index contributed by atoms with van der Waals surface area (Å²) >= 11 is 0. The highest BCUT2D eigenvalue weighted by atomic mass is 16.5. The third-order valence-electron chi connectivity index (χ3n) is 5.82. The molecule has 5 nitrogen and oxygen atoms in total. The van der Waals surface area contributed by atoms with E-state index in [0.717, 1.165) is 31.0 Å². The van der Waals surface area contributed by atoms with E-state index in [-0.39, 0.29) is 11.9 Å². The number of rotatable bonds is 9. The number of methoxy groups -OCH3 is 1. The summed E-state index contributed by atoms with van der Waals surface area (Å²) in [5.74, 6) is 1.47. The van der Waals surface area contributed by atoms with Crippen LogP contribution >= 0.6 is 0 Å². The van der Waals surface area contributed by atoms with Crippen molar-refractivity contribution in [2.45, 2.75) is 51.7 Å². The topological polar surface area (TPSA) is 50.8 Å². The summed E-state index contributed by atoms with van der Waals surface area (Å²) in [5.41, 5.74) is 2.45. The van der Waals surface area contributed by atoms with Crippen molar-refractivity contribution in [2.24, 2.45) is 0 Å². The number of benzene rings is 2. The van der Waals surface area contributed by atoms with Crippen LogP contribution in [0.2, 0.25) is 0 Å². The Bertz CT molecular complexity index is 783. The number of amides is 1. The fraction of sp³-hybridized carbons (Fsp3) is 0.480. The Labute approximate surface area is 180 Å². The first-order valence-corrected chi connectivity index (χ1v) is 11.0. The lowest BCUT2D eigenvalue weighted by Crippen LogP contribution is -2.43. The molecule has 1 aliphatic heterocycles. The Morgan fingerprint density at radius 2 is 1.63 bits per heavy atom. The zero-order valence-electron chi connectivity index (χ0n) is 18.4. The van der Waals surface area contributed by atoms with E-state index in [1.807, 2.05) is 36.4 Å². The largest absolute Gasteiger partial charge is 0.497 e. The summed E-state index contributed by atoms with van der Waals surface area (Å²) < 4.78 is 11.1. The molecule has 3 rings (SSSR count). The first-order valence-electron chi connectivity index (χ1n) is 11.0. The number of likely N-dealkylation sites (tertiary alicyclic amines) is 1. The van der Waals surface area contributed by atoms with Gasteiger partial charge in [-0.3, -0.25) is 9.69 Å². The fourth-order valence-corrected chi connectivity index (χ4v) is 3.92. The van der Waals surface area contributed by atoms with Gasteiger partial charge in [-0.1, -0.05) is 37.6 Å². The van der Waals surface area contributed by atoms with Crippen molar-refractivity contribution in [1.29, 1.82) is 0 Å². The maximum Gasteiger partial charge on any atom is 0.260 e. The summed E-state index contributed by atoms with van der Waals surface area (Å²) in [6.07, 6.45) is 4.12. The van der Waals surface area contributed by atoms with Gasteiger partial charge in [-0.15, -0.1) is 0 Å². The maximum atomic E-state index is 12.7. The molecule has 30 heavy (non-hydrogen) atoms. The Balaban J connectivity index is 1.62. The Morgan fingerprint density at radius 1 is 1.00 bits per heavy atom. The monoisotopic (exact) mass is 410 g/mol. The number of carbonyl (C=O) groups is 1. The summed E-state index contributed by atoms with van der Waals surface area (Å²) in [6, 6.07) is 16.2. The molecular weight excluding hydrogens is 376 g/mol. The molecular formula is C25H34N2O3. The molecule has 0 saturated carbocycles. The van der Waals surface area contributed by atoms with Crippen molar-refractivity contribution in [3.05, 3.63) is 59.7 Å². The fourth-order valence-electron chi connectivity index (χ4n) is 3.92. The number of nitrogens with zero attached hydrogens (tertiary/aromatic N) is 1. The average Bonchev–Trinajstić information content (AvgIpc) is 2.80. The molecule has 0 radical (unpaired) electrons. The van der Waals surface area contributed by atoms with E-state index in [1.165, 1.54) is 30.4 Å². The Morgan fingerprint density at radius 3 is 2.23 bits per heavy atom. The van der Waals surface area contributed by atoms with Gasteiger partial charge in [0.1, 0.15) is 11.5 Å². The van der Waals surface area contributed by atoms with Crippen molar-refractivity contribution < 1.29 is 14.3 Å². The highest BCUT2D eigenvalue weighted by Crippen LogP contribution is 2.26. The van der Waals surface area contributed by atoms with Crippen LogP contribution < -0.4 is 14.8 Å². The molecule has 1 fully saturated rings. The van der Waals surface area contributed by atoms with E-state index in [0.29, 0.717) is 6.54 Å². The van der Waals surface area contributed by atoms with Gasteiger partial charge >= 0.3 is 0 Å². The predicted molar refractivity (Wildman–Crippen MR) is 120 cm³/mol. The molecule has 1 saturated heterocycles. The van der Waals surface area contributed by atoms with Crippen LogP contribution in [0.3, 0.4) is 0 Å². The van der Waals surface area contributed by atoms with Crippen LogP contribution in [0, 0.1) is 0 Å². The van der Waals surface area contributed by atoms with E-state index in [4.69, 9.17) is 9.47 Å². The molecule has 2 atom stereocenters. The lowest BCUT2D eigenvalue weighted by molar-refractivity contribution is -0.127. The highest BCUT2D eigenvalue weighted by Gasteiger charge is 2.24. The van der Waals surface area contributed by atoms with Gasteiger partial charge in [0.25, 0.3) is 5.91 Å². The summed E-state index contributed by atoms with van der Waals surface area (Å²) in [4.78, 5) is 15.2. The maximum absolute atomic E-state index is 12.7. The molecule has 1 amide bonds. The van der Waals surface area contributed by atoms with Crippen LogP contribution in [0.15, 0.2) is 48.5 Å². The second kappa shape index (κ2) is 11.0. The van der Waals surface area contributed by atoms with Gasteiger partial charge in [0, 0.05) is 6.54 Å². The molecule has 0 unspecified atom stereocenters. The van der Waals surface area contributed by atoms with Crippen LogP contribution in [0.1, 0.15) is 50.3 Å². The van der Waals surface area contributed by atoms with Crippen LogP contribution in [0.5, 0.6) is 11.5 Å². The van der Waals surface area contributed by atoms with Gasteiger partial charge in [0.15, 0.2) is 6.10 Å². The molecule has 162 valence electrons. The van der Waals surface area contributed by atoms with Gasteiger partial charge in [0.05, 0.1) is 13.2 Å². The third-order valence-corrected chi connectivity index (χ3v) is 5.82. The Kier molecular flexibility index (Phi) is 8.14. The quantitative estimate of drug-likeness (QED) is 0.667. The first kappa shape index (κ1) is 22.2. The van der Waals surface area contributed by atoms with Crippen molar-refractivity contribution in [3.63, 3.8) is 0 Å². The first-order chi connectivity index (χ1) is 14.6. The number of nitrogens with one attached hydrogen (secondary N) is 1. The minimum atomic E-state index is -0.546. The van der Waals surface area contributed by atoms with Gasteiger partial charge in [-0.25, -0.2) is 0 Å². The van der Waals surface area contributed by atoms with Gasteiger partial charge in [-0.2, -0.15) is 0 Å². The van der Waals surface area contributed by atoms with Crippen molar-refractivity contribution in [3.8, 4) is 11.5 Å². The number of carbonyl (C=O) groups excluding carboxylic acids is 1. The summed E-state index contributed by atoms with van der Waals surface area (Å²) in [7, 11) is 1.68. The van der Waals surface area contributed by atoms with Crippen LogP contribution in [-0.2, 0) is 11.2 Å². The molecule has 2 aromatic carbocycles. The lowest BCUT2D eigenvalue weighted by atomic mass is 10.0. The lowest BCUT2D eigenvalue weighted by Gasteiger charge is -2.35. The van der Waals surface area contributed by atoms with E-state index in [2.05, 4.69) is 29.3 Å². The van der Waals surface area contributed by atoms with E-state index in [1.54, 1.807) is 14.0 Å².